The summed E-state index contributed by atoms with van der Waals surface area (Å²) in [6.45, 7) is 3.36. The monoisotopic (exact) mass is 240 g/mol. The lowest BCUT2D eigenvalue weighted by molar-refractivity contribution is 0.340. The van der Waals surface area contributed by atoms with Gasteiger partial charge in [-0.15, -0.1) is 12.4 Å². The van der Waals surface area contributed by atoms with E-state index < -0.39 is 0 Å². The lowest BCUT2D eigenvalue weighted by Crippen LogP contribution is -2.01. The van der Waals surface area contributed by atoms with Gasteiger partial charge in [-0.2, -0.15) is 0 Å². The van der Waals surface area contributed by atoms with Crippen molar-refractivity contribution in [3.63, 3.8) is 0 Å². The van der Waals surface area contributed by atoms with Gasteiger partial charge < -0.3 is 15.5 Å². The fourth-order valence-electron chi connectivity index (χ4n) is 1.78. The average Bonchev–Trinajstić information content (AvgIpc) is 2.63. The molecule has 3 nitrogen and oxygen atoms in total. The summed E-state index contributed by atoms with van der Waals surface area (Å²) in [7, 11) is 0. The van der Waals surface area contributed by atoms with Gasteiger partial charge in [-0.3, -0.25) is 0 Å². The SMILES string of the molecule is CCOc1ccc2[nH]cc(CCN)c2c1.Cl. The van der Waals surface area contributed by atoms with Crippen LogP contribution in [0.4, 0.5) is 0 Å². The van der Waals surface area contributed by atoms with E-state index in [4.69, 9.17) is 10.5 Å². The van der Waals surface area contributed by atoms with Gasteiger partial charge in [0.2, 0.25) is 0 Å². The second kappa shape index (κ2) is 5.77. The Bertz CT molecular complexity index is 453. The van der Waals surface area contributed by atoms with Crippen molar-refractivity contribution in [3.8, 4) is 5.75 Å². The van der Waals surface area contributed by atoms with Crippen LogP contribution in [0.1, 0.15) is 12.5 Å². The van der Waals surface area contributed by atoms with Gasteiger partial charge in [0, 0.05) is 17.1 Å². The van der Waals surface area contributed by atoms with E-state index in [1.54, 1.807) is 0 Å². The smallest absolute Gasteiger partial charge is 0.120 e. The molecule has 4 heteroatoms. The summed E-state index contributed by atoms with van der Waals surface area (Å²) in [4.78, 5) is 3.23. The van der Waals surface area contributed by atoms with Crippen molar-refractivity contribution in [2.24, 2.45) is 5.73 Å². The van der Waals surface area contributed by atoms with E-state index in [1.807, 2.05) is 25.3 Å². The maximum atomic E-state index is 5.56. The largest absolute Gasteiger partial charge is 0.494 e. The van der Waals surface area contributed by atoms with Gasteiger partial charge in [0.25, 0.3) is 0 Å². The zero-order valence-electron chi connectivity index (χ0n) is 9.32. The number of hydrogen-bond donors (Lipinski definition) is 2. The quantitative estimate of drug-likeness (QED) is 0.863. The summed E-state index contributed by atoms with van der Waals surface area (Å²) in [5, 5.41) is 1.21. The van der Waals surface area contributed by atoms with Gasteiger partial charge >= 0.3 is 0 Å². The number of H-pyrrole nitrogens is 1. The van der Waals surface area contributed by atoms with E-state index >= 15 is 0 Å². The standard InChI is InChI=1S/C12H16N2O.ClH/c1-2-15-10-3-4-12-11(7-10)9(5-6-13)8-14-12;/h3-4,7-8,14H,2,5-6,13H2,1H3;1H. The first-order valence-electron chi connectivity index (χ1n) is 5.28. The molecule has 0 atom stereocenters. The Morgan fingerprint density at radius 2 is 2.19 bits per heavy atom. The number of nitrogens with one attached hydrogen (secondary N) is 1. The molecular weight excluding hydrogens is 224 g/mol. The van der Waals surface area contributed by atoms with Gasteiger partial charge in [-0.25, -0.2) is 0 Å². The molecule has 3 N–H and O–H groups in total. The molecule has 0 aliphatic rings. The number of aromatic nitrogens is 1. The van der Waals surface area contributed by atoms with Crippen LogP contribution in [0.5, 0.6) is 5.75 Å². The molecule has 1 heterocycles. The van der Waals surface area contributed by atoms with Crippen molar-refractivity contribution < 1.29 is 4.74 Å². The van der Waals surface area contributed by atoms with E-state index in [-0.39, 0.29) is 12.4 Å². The Hall–Kier alpha value is -1.19. The maximum Gasteiger partial charge on any atom is 0.120 e. The first-order chi connectivity index (χ1) is 7.35. The Morgan fingerprint density at radius 3 is 2.88 bits per heavy atom. The number of aromatic amines is 1. The summed E-state index contributed by atoms with van der Waals surface area (Å²) < 4.78 is 5.47. The van der Waals surface area contributed by atoms with Crippen LogP contribution in [0.15, 0.2) is 24.4 Å². The zero-order valence-corrected chi connectivity index (χ0v) is 10.1. The van der Waals surface area contributed by atoms with E-state index in [9.17, 15) is 0 Å². The highest BCUT2D eigenvalue weighted by atomic mass is 35.5. The van der Waals surface area contributed by atoms with Gasteiger partial charge in [0.15, 0.2) is 0 Å². The zero-order chi connectivity index (χ0) is 10.7. The molecule has 0 saturated heterocycles. The van der Waals surface area contributed by atoms with Crippen molar-refractivity contribution in [3.05, 3.63) is 30.0 Å². The summed E-state index contributed by atoms with van der Waals surface area (Å²) in [5.41, 5.74) is 7.96. The average molecular weight is 241 g/mol. The number of rotatable bonds is 4. The second-order valence-electron chi connectivity index (χ2n) is 3.49. The molecule has 16 heavy (non-hydrogen) atoms. The van der Waals surface area contributed by atoms with Crippen molar-refractivity contribution in [2.45, 2.75) is 13.3 Å². The highest BCUT2D eigenvalue weighted by Crippen LogP contribution is 2.23. The fourth-order valence-corrected chi connectivity index (χ4v) is 1.78. The third-order valence-electron chi connectivity index (χ3n) is 2.46. The summed E-state index contributed by atoms with van der Waals surface area (Å²) >= 11 is 0. The lowest BCUT2D eigenvalue weighted by atomic mass is 10.1. The highest BCUT2D eigenvalue weighted by Gasteiger charge is 2.04. The summed E-state index contributed by atoms with van der Waals surface area (Å²) in [6, 6.07) is 6.09. The van der Waals surface area contributed by atoms with Crippen LogP contribution in [0, 0.1) is 0 Å². The van der Waals surface area contributed by atoms with E-state index in [2.05, 4.69) is 11.1 Å². The molecule has 0 aliphatic carbocycles. The van der Waals surface area contributed by atoms with Gasteiger partial charge in [-0.1, -0.05) is 0 Å². The molecule has 0 fully saturated rings. The van der Waals surface area contributed by atoms with Gasteiger partial charge in [0.05, 0.1) is 6.61 Å². The van der Waals surface area contributed by atoms with E-state index in [0.717, 1.165) is 17.7 Å². The third-order valence-corrected chi connectivity index (χ3v) is 2.46. The van der Waals surface area contributed by atoms with Crippen molar-refractivity contribution in [1.29, 1.82) is 0 Å². The molecule has 0 unspecified atom stereocenters. The van der Waals surface area contributed by atoms with Crippen LogP contribution in [-0.2, 0) is 6.42 Å². The maximum absolute atomic E-state index is 5.56. The number of nitrogens with two attached hydrogens (primary N) is 1. The highest BCUT2D eigenvalue weighted by molar-refractivity contribution is 5.85. The Morgan fingerprint density at radius 1 is 1.38 bits per heavy atom. The normalized spacial score (nSPS) is 10.1. The number of hydrogen-bond acceptors (Lipinski definition) is 2. The molecule has 0 saturated carbocycles. The molecule has 0 bridgehead atoms. The minimum atomic E-state index is 0. The first kappa shape index (κ1) is 12.9. The van der Waals surface area contributed by atoms with Crippen LogP contribution in [0.25, 0.3) is 10.9 Å². The number of fused-ring (bicyclic) bond motifs is 1. The molecule has 0 amide bonds. The van der Waals surface area contributed by atoms with Crippen LogP contribution in [-0.4, -0.2) is 18.1 Å². The molecule has 2 rings (SSSR count). The minimum absolute atomic E-state index is 0. The lowest BCUT2D eigenvalue weighted by Gasteiger charge is -2.03. The molecule has 88 valence electrons. The Kier molecular flexibility index (Phi) is 4.65. The summed E-state index contributed by atoms with van der Waals surface area (Å²) in [6.07, 6.45) is 2.92. The first-order valence-corrected chi connectivity index (χ1v) is 5.28. The molecular formula is C12H17ClN2O. The molecule has 0 aliphatic heterocycles. The molecule has 0 radical (unpaired) electrons. The number of benzene rings is 1. The van der Waals surface area contributed by atoms with Crippen molar-refractivity contribution >= 4 is 23.3 Å². The predicted molar refractivity (Wildman–Crippen MR) is 69.5 cm³/mol. The Balaban J connectivity index is 0.00000128. The minimum Gasteiger partial charge on any atom is -0.494 e. The number of halogens is 1. The topological polar surface area (TPSA) is 51.0 Å². The van der Waals surface area contributed by atoms with Crippen LogP contribution >= 0.6 is 12.4 Å². The van der Waals surface area contributed by atoms with Gasteiger partial charge in [0.1, 0.15) is 5.75 Å². The van der Waals surface area contributed by atoms with Crippen LogP contribution in [0.3, 0.4) is 0 Å². The molecule has 2 aromatic rings. The van der Waals surface area contributed by atoms with Crippen molar-refractivity contribution in [2.75, 3.05) is 13.2 Å². The van der Waals surface area contributed by atoms with E-state index in [1.165, 1.54) is 10.9 Å². The Labute approximate surface area is 101 Å². The second-order valence-corrected chi connectivity index (χ2v) is 3.49. The third kappa shape index (κ3) is 2.49. The van der Waals surface area contributed by atoms with E-state index in [0.29, 0.717) is 13.2 Å². The molecule has 1 aromatic heterocycles. The summed E-state index contributed by atoms with van der Waals surface area (Å²) in [5.74, 6) is 0.919. The molecule has 0 spiro atoms. The predicted octanol–water partition coefficient (Wildman–Crippen LogP) is 2.49. The fraction of sp³-hybridized carbons (Fsp3) is 0.333. The number of ether oxygens (including phenoxy) is 1. The van der Waals surface area contributed by atoms with Crippen LogP contribution in [0.2, 0.25) is 0 Å². The van der Waals surface area contributed by atoms with Gasteiger partial charge in [-0.05, 0) is 43.7 Å². The van der Waals surface area contributed by atoms with Crippen LogP contribution < -0.4 is 10.5 Å². The molecule has 1 aromatic carbocycles. The van der Waals surface area contributed by atoms with Crippen molar-refractivity contribution in [1.82, 2.24) is 4.98 Å².